The van der Waals surface area contributed by atoms with Gasteiger partial charge < -0.3 is 15.3 Å². The van der Waals surface area contributed by atoms with Crippen LogP contribution in [0, 0.1) is 6.92 Å². The van der Waals surface area contributed by atoms with Gasteiger partial charge in [0, 0.05) is 24.1 Å². The van der Waals surface area contributed by atoms with Crippen molar-refractivity contribution >= 4 is 29.0 Å². The Kier molecular flexibility index (Phi) is 8.06. The van der Waals surface area contributed by atoms with Gasteiger partial charge in [-0.2, -0.15) is 0 Å². The Morgan fingerprint density at radius 3 is 2.60 bits per heavy atom. The lowest BCUT2D eigenvalue weighted by Gasteiger charge is -2.36. The molecule has 2 aromatic carbocycles. The molecule has 6 nitrogen and oxygen atoms in total. The molecule has 1 saturated heterocycles. The van der Waals surface area contributed by atoms with E-state index in [0.29, 0.717) is 29.7 Å². The molecule has 1 aromatic heterocycles. The number of aliphatic hydroxyl groups is 1. The number of ketones is 1. The third kappa shape index (κ3) is 6.24. The molecule has 0 saturated carbocycles. The van der Waals surface area contributed by atoms with Crippen molar-refractivity contribution in [3.8, 4) is 0 Å². The highest BCUT2D eigenvalue weighted by molar-refractivity contribution is 6.31. The maximum Gasteiger partial charge on any atom is 0.227 e. The van der Waals surface area contributed by atoms with Crippen LogP contribution in [0.2, 0.25) is 5.02 Å². The standard InChI is InChI=1S/C33H41ClN4O2/c1-21-17-25(10-11-26(21)22-13-15-38(16-14-22)20-32(2,3)40)36-31-35-19-27(34)28(37-31)12-9-23-7-6-8-24-18-29(39)33(4,5)30(23)24/h6-8,10-11,17,19,22,40H,9,12-16,18,20H2,1-5H3,(H,35,36,37). The van der Waals surface area contributed by atoms with Gasteiger partial charge in [0.25, 0.3) is 0 Å². The smallest absolute Gasteiger partial charge is 0.227 e. The van der Waals surface area contributed by atoms with Crippen molar-refractivity contribution in [2.24, 2.45) is 0 Å². The van der Waals surface area contributed by atoms with Crippen LogP contribution in [-0.4, -0.2) is 51.0 Å². The number of nitrogens with zero attached hydrogens (tertiary/aromatic N) is 3. The van der Waals surface area contributed by atoms with Crippen molar-refractivity contribution < 1.29 is 9.90 Å². The summed E-state index contributed by atoms with van der Waals surface area (Å²) < 4.78 is 0. The average molecular weight is 561 g/mol. The largest absolute Gasteiger partial charge is 0.389 e. The van der Waals surface area contributed by atoms with Gasteiger partial charge in [-0.25, -0.2) is 9.97 Å². The van der Waals surface area contributed by atoms with Crippen LogP contribution in [0.3, 0.4) is 0 Å². The lowest BCUT2D eigenvalue weighted by atomic mass is 9.82. The number of halogens is 1. The van der Waals surface area contributed by atoms with Crippen LogP contribution < -0.4 is 5.32 Å². The molecule has 1 aliphatic carbocycles. The maximum atomic E-state index is 12.6. The number of carbonyl (C=O) groups is 1. The highest BCUT2D eigenvalue weighted by Gasteiger charge is 2.39. The van der Waals surface area contributed by atoms with Gasteiger partial charge >= 0.3 is 0 Å². The highest BCUT2D eigenvalue weighted by Crippen LogP contribution is 2.38. The molecule has 7 heteroatoms. The second kappa shape index (κ2) is 11.2. The SMILES string of the molecule is Cc1cc(Nc2ncc(Cl)c(CCc3cccc4c3C(C)(C)C(=O)C4)n2)ccc1C1CCN(CC(C)(C)O)CC1. The number of benzene rings is 2. The summed E-state index contributed by atoms with van der Waals surface area (Å²) in [5.74, 6) is 1.34. The van der Waals surface area contributed by atoms with Crippen LogP contribution in [0.5, 0.6) is 0 Å². The Bertz CT molecular complexity index is 1400. The minimum atomic E-state index is -0.654. The highest BCUT2D eigenvalue weighted by atomic mass is 35.5. The molecule has 5 rings (SSSR count). The van der Waals surface area contributed by atoms with Gasteiger partial charge in [0.2, 0.25) is 5.95 Å². The van der Waals surface area contributed by atoms with Crippen molar-refractivity contribution in [2.45, 2.75) is 83.7 Å². The number of hydrogen-bond acceptors (Lipinski definition) is 6. The number of likely N-dealkylation sites (tertiary alicyclic amines) is 1. The summed E-state index contributed by atoms with van der Waals surface area (Å²) in [6.07, 6.45) is 5.81. The van der Waals surface area contributed by atoms with E-state index >= 15 is 0 Å². The van der Waals surface area contributed by atoms with Crippen molar-refractivity contribution in [3.05, 3.63) is 81.1 Å². The van der Waals surface area contributed by atoms with E-state index in [2.05, 4.69) is 52.5 Å². The normalized spacial score (nSPS) is 17.7. The fraction of sp³-hybridized carbons (Fsp3) is 0.485. The second-order valence-corrected chi connectivity index (χ2v) is 13.1. The number of carbonyl (C=O) groups excluding carboxylic acids is 1. The van der Waals surface area contributed by atoms with E-state index in [9.17, 15) is 9.90 Å². The number of rotatable bonds is 8. The summed E-state index contributed by atoms with van der Waals surface area (Å²) in [7, 11) is 0. The lowest BCUT2D eigenvalue weighted by Crippen LogP contribution is -2.42. The predicted octanol–water partition coefficient (Wildman–Crippen LogP) is 6.32. The monoisotopic (exact) mass is 560 g/mol. The van der Waals surface area contributed by atoms with Crippen molar-refractivity contribution in [1.82, 2.24) is 14.9 Å². The number of nitrogens with one attached hydrogen (secondary N) is 1. The molecule has 1 aliphatic heterocycles. The molecule has 0 atom stereocenters. The van der Waals surface area contributed by atoms with E-state index < -0.39 is 11.0 Å². The molecule has 0 amide bonds. The van der Waals surface area contributed by atoms with Gasteiger partial charge in [-0.15, -0.1) is 0 Å². The van der Waals surface area contributed by atoms with Crippen LogP contribution in [0.4, 0.5) is 11.6 Å². The second-order valence-electron chi connectivity index (χ2n) is 12.7. The number of β-amino-alcohol motifs (C(OH)–C–C–N with tert-alkyl or cyclic N) is 1. The van der Waals surface area contributed by atoms with Crippen LogP contribution in [-0.2, 0) is 29.5 Å². The third-order valence-electron chi connectivity index (χ3n) is 8.52. The molecular formula is C33H41ClN4O2. The van der Waals surface area contributed by atoms with Crippen molar-refractivity contribution in [1.29, 1.82) is 0 Å². The van der Waals surface area contributed by atoms with E-state index in [1.165, 1.54) is 22.3 Å². The zero-order chi connectivity index (χ0) is 28.7. The number of piperidine rings is 1. The Hall–Kier alpha value is -2.80. The number of anilines is 2. The van der Waals surface area contributed by atoms with Crippen LogP contribution in [0.15, 0.2) is 42.6 Å². The summed E-state index contributed by atoms with van der Waals surface area (Å²) >= 11 is 6.52. The third-order valence-corrected chi connectivity index (χ3v) is 8.84. The summed E-state index contributed by atoms with van der Waals surface area (Å²) in [6, 6.07) is 12.7. The number of fused-ring (bicyclic) bond motifs is 1. The van der Waals surface area contributed by atoms with Gasteiger partial charge in [0.05, 0.1) is 22.5 Å². The Morgan fingerprint density at radius 1 is 1.15 bits per heavy atom. The van der Waals surface area contributed by atoms with Gasteiger partial charge in [-0.1, -0.05) is 35.9 Å². The molecule has 0 spiro atoms. The molecule has 0 unspecified atom stereocenters. The van der Waals surface area contributed by atoms with Gasteiger partial charge in [-0.05, 0) is 119 Å². The average Bonchev–Trinajstić information content (AvgIpc) is 3.12. The molecule has 3 aromatic rings. The summed E-state index contributed by atoms with van der Waals surface area (Å²) in [5, 5.41) is 14.1. The van der Waals surface area contributed by atoms with Crippen molar-refractivity contribution in [2.75, 3.05) is 25.0 Å². The Balaban J connectivity index is 1.24. The first kappa shape index (κ1) is 28.7. The first-order chi connectivity index (χ1) is 18.9. The number of aromatic nitrogens is 2. The summed E-state index contributed by atoms with van der Waals surface area (Å²) in [4.78, 5) is 24.1. The Labute approximate surface area is 243 Å². The van der Waals surface area contributed by atoms with E-state index in [1.807, 2.05) is 33.8 Å². The van der Waals surface area contributed by atoms with E-state index in [-0.39, 0.29) is 5.78 Å². The molecule has 212 valence electrons. The molecular weight excluding hydrogens is 520 g/mol. The minimum absolute atomic E-state index is 0.277. The summed E-state index contributed by atoms with van der Waals surface area (Å²) in [5.41, 5.74) is 6.79. The maximum absolute atomic E-state index is 12.6. The van der Waals surface area contributed by atoms with Gasteiger partial charge in [0.1, 0.15) is 5.78 Å². The first-order valence-corrected chi connectivity index (χ1v) is 14.8. The molecule has 2 heterocycles. The Morgan fingerprint density at radius 2 is 1.90 bits per heavy atom. The van der Waals surface area contributed by atoms with Crippen LogP contribution >= 0.6 is 11.6 Å². The van der Waals surface area contributed by atoms with E-state index in [1.54, 1.807) is 6.20 Å². The summed E-state index contributed by atoms with van der Waals surface area (Å²) in [6.45, 7) is 12.7. The molecule has 0 radical (unpaired) electrons. The number of Topliss-reactive ketones (excluding diaryl/α,β-unsaturated/α-hetero) is 1. The van der Waals surface area contributed by atoms with Gasteiger partial charge in [0.15, 0.2) is 0 Å². The zero-order valence-corrected chi connectivity index (χ0v) is 25.1. The minimum Gasteiger partial charge on any atom is -0.389 e. The lowest BCUT2D eigenvalue weighted by molar-refractivity contribution is -0.121. The molecule has 0 bridgehead atoms. The number of aryl methyl sites for hydroxylation is 3. The van der Waals surface area contributed by atoms with Crippen LogP contribution in [0.25, 0.3) is 0 Å². The molecule has 2 aliphatic rings. The quantitative estimate of drug-likeness (QED) is 0.336. The molecule has 1 fully saturated rings. The van der Waals surface area contributed by atoms with Crippen LogP contribution in [0.1, 0.15) is 80.0 Å². The van der Waals surface area contributed by atoms with Gasteiger partial charge in [-0.3, -0.25) is 4.79 Å². The zero-order valence-electron chi connectivity index (χ0n) is 24.4. The fourth-order valence-corrected chi connectivity index (χ4v) is 6.71. The number of hydrogen-bond donors (Lipinski definition) is 2. The molecule has 2 N–H and O–H groups in total. The predicted molar refractivity (Wildman–Crippen MR) is 162 cm³/mol. The first-order valence-electron chi connectivity index (χ1n) is 14.4. The van der Waals surface area contributed by atoms with E-state index in [4.69, 9.17) is 16.6 Å². The molecule has 40 heavy (non-hydrogen) atoms. The van der Waals surface area contributed by atoms with Crippen molar-refractivity contribution in [3.63, 3.8) is 0 Å². The van der Waals surface area contributed by atoms with E-state index in [0.717, 1.165) is 55.8 Å². The fourth-order valence-electron chi connectivity index (χ4n) is 6.53. The topological polar surface area (TPSA) is 78.4 Å².